The van der Waals surface area contributed by atoms with E-state index in [0.29, 0.717) is 0 Å². The van der Waals surface area contributed by atoms with Gasteiger partial charge < -0.3 is 14.4 Å². The number of allylic oxidation sites excluding steroid dienone is 1. The van der Waals surface area contributed by atoms with E-state index in [0.717, 1.165) is 38.5 Å². The van der Waals surface area contributed by atoms with Crippen molar-refractivity contribution in [1.29, 1.82) is 0 Å². The Hall–Kier alpha value is -3.04. The topological polar surface area (TPSA) is 21.7 Å². The monoisotopic (exact) mass is 425 g/mol. The number of ether oxygens (including phenoxy) is 2. The molecule has 3 aromatic carbocycles. The van der Waals surface area contributed by atoms with E-state index in [1.54, 1.807) is 7.11 Å². The number of morpholine rings is 1. The normalized spacial score (nSPS) is 20.2. The Morgan fingerprint density at radius 1 is 0.844 bits per heavy atom. The maximum Gasteiger partial charge on any atom is 0.118 e. The van der Waals surface area contributed by atoms with E-state index in [2.05, 4.69) is 91.6 Å². The number of hydrogen-bond acceptors (Lipinski definition) is 3. The van der Waals surface area contributed by atoms with E-state index in [-0.39, 0.29) is 5.41 Å². The number of nitrogens with zero attached hydrogens (tertiary/aromatic N) is 1. The van der Waals surface area contributed by atoms with Crippen LogP contribution in [0.4, 0.5) is 5.69 Å². The summed E-state index contributed by atoms with van der Waals surface area (Å²) in [7, 11) is 1.72. The highest BCUT2D eigenvalue weighted by molar-refractivity contribution is 5.68. The average Bonchev–Trinajstić information content (AvgIpc) is 2.87. The fourth-order valence-electron chi connectivity index (χ4n) is 5.11. The second-order valence-electron chi connectivity index (χ2n) is 8.94. The van der Waals surface area contributed by atoms with E-state index >= 15 is 0 Å². The lowest BCUT2D eigenvalue weighted by Crippen LogP contribution is -2.36. The molecule has 2 aliphatic rings. The van der Waals surface area contributed by atoms with Crippen LogP contribution in [0.25, 0.3) is 6.08 Å². The third kappa shape index (κ3) is 3.61. The lowest BCUT2D eigenvalue weighted by atomic mass is 9.67. The van der Waals surface area contributed by atoms with Gasteiger partial charge in [0.1, 0.15) is 5.75 Å². The number of benzene rings is 3. The van der Waals surface area contributed by atoms with Gasteiger partial charge in [0.15, 0.2) is 0 Å². The molecule has 0 aromatic heterocycles. The maximum absolute atomic E-state index is 5.52. The number of methoxy groups -OCH3 is 1. The summed E-state index contributed by atoms with van der Waals surface area (Å²) in [5, 5.41) is 0. The molecule has 164 valence electrons. The lowest BCUT2D eigenvalue weighted by Gasteiger charge is -2.37. The minimum Gasteiger partial charge on any atom is -0.497 e. The summed E-state index contributed by atoms with van der Waals surface area (Å²) >= 11 is 0. The van der Waals surface area contributed by atoms with Crippen LogP contribution >= 0.6 is 0 Å². The Labute approximate surface area is 191 Å². The van der Waals surface area contributed by atoms with E-state index in [4.69, 9.17) is 9.47 Å². The molecule has 5 rings (SSSR count). The SMILES string of the molecule is COc1ccc(C2(c3ccc(N4CCOCC4)cc3)C=Cc3c(ccc(C)c3C)C2)cc1. The van der Waals surface area contributed by atoms with Gasteiger partial charge in [-0.2, -0.15) is 0 Å². The Kier molecular flexibility index (Phi) is 5.52. The van der Waals surface area contributed by atoms with E-state index < -0.39 is 0 Å². The first kappa shape index (κ1) is 20.8. The zero-order valence-electron chi connectivity index (χ0n) is 19.2. The molecule has 0 amide bonds. The van der Waals surface area contributed by atoms with Gasteiger partial charge in [-0.25, -0.2) is 0 Å². The van der Waals surface area contributed by atoms with Gasteiger partial charge in [0, 0.05) is 24.2 Å². The van der Waals surface area contributed by atoms with Crippen LogP contribution in [0.3, 0.4) is 0 Å². The number of fused-ring (bicyclic) bond motifs is 1. The molecular formula is C29H31NO2. The van der Waals surface area contributed by atoms with Crippen LogP contribution in [0.1, 0.15) is 33.4 Å². The van der Waals surface area contributed by atoms with Crippen molar-refractivity contribution in [2.45, 2.75) is 25.7 Å². The molecule has 1 aliphatic heterocycles. The molecule has 0 saturated carbocycles. The Morgan fingerprint density at radius 3 is 2.16 bits per heavy atom. The summed E-state index contributed by atoms with van der Waals surface area (Å²) in [6, 6.07) is 22.3. The zero-order chi connectivity index (χ0) is 22.1. The van der Waals surface area contributed by atoms with Crippen LogP contribution in [0.15, 0.2) is 66.7 Å². The highest BCUT2D eigenvalue weighted by Gasteiger charge is 2.35. The smallest absolute Gasteiger partial charge is 0.118 e. The van der Waals surface area contributed by atoms with Crippen molar-refractivity contribution in [2.24, 2.45) is 0 Å². The maximum atomic E-state index is 5.52. The molecule has 0 bridgehead atoms. The van der Waals surface area contributed by atoms with Crippen molar-refractivity contribution in [3.05, 3.63) is 100 Å². The van der Waals surface area contributed by atoms with Crippen LogP contribution in [0.2, 0.25) is 0 Å². The molecule has 1 aliphatic carbocycles. The Morgan fingerprint density at radius 2 is 1.50 bits per heavy atom. The minimum absolute atomic E-state index is 0.204. The van der Waals surface area contributed by atoms with Gasteiger partial charge in [-0.05, 0) is 77.9 Å². The number of rotatable bonds is 4. The van der Waals surface area contributed by atoms with Crippen LogP contribution in [0.5, 0.6) is 5.75 Å². The molecule has 1 saturated heterocycles. The standard InChI is InChI=1S/C29H31NO2/c1-21-4-5-23-20-29(15-14-28(23)22(21)2,25-8-12-27(31-3)13-9-25)24-6-10-26(11-7-24)30-16-18-32-19-17-30/h4-15H,16-20H2,1-3H3. The predicted molar refractivity (Wildman–Crippen MR) is 132 cm³/mol. The highest BCUT2D eigenvalue weighted by Crippen LogP contribution is 2.43. The van der Waals surface area contributed by atoms with Gasteiger partial charge >= 0.3 is 0 Å². The molecule has 3 heteroatoms. The fraction of sp³-hybridized carbons (Fsp3) is 0.310. The van der Waals surface area contributed by atoms with Crippen molar-refractivity contribution in [3.63, 3.8) is 0 Å². The van der Waals surface area contributed by atoms with Gasteiger partial charge in [0.25, 0.3) is 0 Å². The summed E-state index contributed by atoms with van der Waals surface area (Å²) in [4.78, 5) is 2.41. The average molecular weight is 426 g/mol. The Bertz CT molecular complexity index is 1130. The first-order valence-corrected chi connectivity index (χ1v) is 11.5. The van der Waals surface area contributed by atoms with Crippen molar-refractivity contribution in [3.8, 4) is 5.75 Å². The van der Waals surface area contributed by atoms with Crippen molar-refractivity contribution in [2.75, 3.05) is 38.3 Å². The number of aryl methyl sites for hydroxylation is 1. The third-order valence-electron chi connectivity index (χ3n) is 7.24. The minimum atomic E-state index is -0.204. The van der Waals surface area contributed by atoms with E-state index in [9.17, 15) is 0 Å². The van der Waals surface area contributed by atoms with Crippen LogP contribution in [-0.4, -0.2) is 33.4 Å². The second kappa shape index (κ2) is 8.48. The molecule has 1 atom stereocenters. The predicted octanol–water partition coefficient (Wildman–Crippen LogP) is 5.70. The van der Waals surface area contributed by atoms with Gasteiger partial charge in [-0.1, -0.05) is 48.6 Å². The molecule has 32 heavy (non-hydrogen) atoms. The molecule has 0 radical (unpaired) electrons. The zero-order valence-corrected chi connectivity index (χ0v) is 19.2. The van der Waals surface area contributed by atoms with Crippen molar-refractivity contribution in [1.82, 2.24) is 0 Å². The summed E-state index contributed by atoms with van der Waals surface area (Å²) in [6.07, 6.45) is 5.69. The molecular weight excluding hydrogens is 394 g/mol. The first-order valence-electron chi connectivity index (χ1n) is 11.5. The summed E-state index contributed by atoms with van der Waals surface area (Å²) in [6.45, 7) is 7.94. The molecule has 3 nitrogen and oxygen atoms in total. The van der Waals surface area contributed by atoms with Gasteiger partial charge in [0.2, 0.25) is 0 Å². The molecule has 1 fully saturated rings. The summed E-state index contributed by atoms with van der Waals surface area (Å²) in [5.41, 5.74) is 9.18. The fourth-order valence-corrected chi connectivity index (χ4v) is 5.11. The van der Waals surface area contributed by atoms with Crippen molar-refractivity contribution >= 4 is 11.8 Å². The number of anilines is 1. The summed E-state index contributed by atoms with van der Waals surface area (Å²) < 4.78 is 11.0. The number of hydrogen-bond donors (Lipinski definition) is 0. The van der Waals surface area contributed by atoms with Crippen LogP contribution < -0.4 is 9.64 Å². The van der Waals surface area contributed by atoms with Crippen molar-refractivity contribution < 1.29 is 9.47 Å². The van der Waals surface area contributed by atoms with Crippen LogP contribution in [0, 0.1) is 13.8 Å². The van der Waals surface area contributed by atoms with E-state index in [1.807, 2.05) is 0 Å². The molecule has 0 N–H and O–H groups in total. The molecule has 0 spiro atoms. The quantitative estimate of drug-likeness (QED) is 0.535. The second-order valence-corrected chi connectivity index (χ2v) is 8.94. The molecule has 3 aromatic rings. The highest BCUT2D eigenvalue weighted by atomic mass is 16.5. The van der Waals surface area contributed by atoms with Gasteiger partial charge in [-0.3, -0.25) is 0 Å². The van der Waals surface area contributed by atoms with Gasteiger partial charge in [-0.15, -0.1) is 0 Å². The largest absolute Gasteiger partial charge is 0.497 e. The summed E-state index contributed by atoms with van der Waals surface area (Å²) in [5.74, 6) is 0.887. The molecule has 1 heterocycles. The van der Waals surface area contributed by atoms with Crippen LogP contribution in [-0.2, 0) is 16.6 Å². The first-order chi connectivity index (χ1) is 15.6. The van der Waals surface area contributed by atoms with E-state index in [1.165, 1.54) is 39.1 Å². The Balaban J connectivity index is 1.59. The molecule has 1 unspecified atom stereocenters. The lowest BCUT2D eigenvalue weighted by molar-refractivity contribution is 0.122. The van der Waals surface area contributed by atoms with Gasteiger partial charge in [0.05, 0.1) is 20.3 Å². The third-order valence-corrected chi connectivity index (χ3v) is 7.24.